The highest BCUT2D eigenvalue weighted by molar-refractivity contribution is 8.76. The summed E-state index contributed by atoms with van der Waals surface area (Å²) < 4.78 is 11.3. The minimum absolute atomic E-state index is 0.0105. The van der Waals surface area contributed by atoms with Crippen LogP contribution in [0.3, 0.4) is 0 Å². The zero-order chi connectivity index (χ0) is 89.7. The van der Waals surface area contributed by atoms with Crippen LogP contribution in [0.4, 0.5) is 0 Å². The van der Waals surface area contributed by atoms with Crippen molar-refractivity contribution in [3.05, 3.63) is 35.9 Å². The van der Waals surface area contributed by atoms with Gasteiger partial charge in [0.15, 0.2) is 18.5 Å². The lowest BCUT2D eigenvalue weighted by Crippen LogP contribution is -2.64. The number of thioether (sulfide) groups is 1. The van der Waals surface area contributed by atoms with Crippen molar-refractivity contribution in [2.75, 3.05) is 135 Å². The van der Waals surface area contributed by atoms with Crippen LogP contribution in [0.2, 0.25) is 0 Å². The summed E-state index contributed by atoms with van der Waals surface area (Å²) in [6, 6.07) is -0.617. The number of unbranched alkanes of at least 4 members (excludes halogenated alkanes) is 3. The van der Waals surface area contributed by atoms with Crippen LogP contribution < -0.4 is 96.5 Å². The molecule has 121 heavy (non-hydrogen) atoms. The molecule has 0 aliphatic carbocycles. The molecule has 0 radical (unpaired) electrons. The summed E-state index contributed by atoms with van der Waals surface area (Å²) in [5.41, 5.74) is 11.8. The summed E-state index contributed by atoms with van der Waals surface area (Å²) in [5, 5.41) is 196. The minimum atomic E-state index is -2.11. The number of aliphatic imine (C=N–C) groups is 1. The molecule has 2 aliphatic rings. The number of nitrogens with zero attached hydrogens (tertiary/aromatic N) is 4. The summed E-state index contributed by atoms with van der Waals surface area (Å²) in [6.45, 7) is 16.0. The number of aliphatic hydroxyl groups is 11. The van der Waals surface area contributed by atoms with Gasteiger partial charge in [0.2, 0.25) is 35.4 Å². The Hall–Kier alpha value is -5.66. The van der Waals surface area contributed by atoms with Crippen LogP contribution in [-0.4, -0.2) is 375 Å². The van der Waals surface area contributed by atoms with Gasteiger partial charge in [0, 0.05) is 121 Å². The third-order valence-electron chi connectivity index (χ3n) is 20.2. The van der Waals surface area contributed by atoms with Gasteiger partial charge in [-0.1, -0.05) is 68.7 Å². The quantitative estimate of drug-likeness (QED) is 0.00548. The van der Waals surface area contributed by atoms with Crippen LogP contribution in [0, 0.1) is 0 Å². The molecule has 15 atom stereocenters. The van der Waals surface area contributed by atoms with Crippen molar-refractivity contribution in [2.45, 2.75) is 247 Å². The van der Waals surface area contributed by atoms with E-state index >= 15 is 0 Å². The summed E-state index contributed by atoms with van der Waals surface area (Å²) in [4.78, 5) is 86.4. The number of hydrogen-bond acceptors (Lipinski definition) is 38. The summed E-state index contributed by atoms with van der Waals surface area (Å²) in [7, 11) is 3.96. The molecule has 2 fully saturated rings. The largest absolute Gasteiger partial charge is 0.411 e. The fraction of sp³-hybridized carbons (Fsp3) is 0.800. The lowest BCUT2D eigenvalue weighted by atomic mass is 9.99. The van der Waals surface area contributed by atoms with Crippen molar-refractivity contribution in [3.63, 3.8) is 0 Å². The van der Waals surface area contributed by atoms with Crippen LogP contribution in [0.5, 0.6) is 0 Å². The molecule has 698 valence electrons. The molecular formula is C75H144N22O21S3. The third-order valence-corrected chi connectivity index (χ3v) is 23.7. The smallest absolute Gasteiger partial charge is 0.243 e. The molecule has 46 heteroatoms. The van der Waals surface area contributed by atoms with Crippen molar-refractivity contribution >= 4 is 86.2 Å². The van der Waals surface area contributed by atoms with Crippen molar-refractivity contribution in [2.24, 2.45) is 26.8 Å². The predicted molar refractivity (Wildman–Crippen MR) is 463 cm³/mol. The van der Waals surface area contributed by atoms with Crippen LogP contribution in [0.15, 0.2) is 45.6 Å². The number of benzene rings is 1. The number of carbonyl (C=O) groups is 6. The van der Waals surface area contributed by atoms with Gasteiger partial charge in [-0.25, -0.2) is 0 Å². The number of nitrogens with one attached hydrogen (secondary N) is 16. The zero-order valence-corrected chi connectivity index (χ0v) is 73.4. The second-order valence-electron chi connectivity index (χ2n) is 30.9. The van der Waals surface area contributed by atoms with E-state index in [4.69, 9.17) is 20.9 Å². The Morgan fingerprint density at radius 3 is 1.79 bits per heavy atom. The Morgan fingerprint density at radius 2 is 1.18 bits per heavy atom. The molecule has 6 amide bonds. The molecular weight excluding hydrogens is 1640 g/mol. The van der Waals surface area contributed by atoms with E-state index in [-0.39, 0.29) is 144 Å². The van der Waals surface area contributed by atoms with Crippen molar-refractivity contribution in [3.8, 4) is 0 Å². The number of guanidine groups is 1. The highest BCUT2D eigenvalue weighted by Crippen LogP contribution is 2.26. The van der Waals surface area contributed by atoms with Gasteiger partial charge in [-0.05, 0) is 119 Å². The molecule has 0 unspecified atom stereocenters. The van der Waals surface area contributed by atoms with Gasteiger partial charge < -0.3 is 135 Å². The van der Waals surface area contributed by atoms with E-state index in [1.165, 1.54) is 0 Å². The highest BCUT2D eigenvalue weighted by atomic mass is 33.1. The SMILES string of the molecule is CNCCCC[C@H](NC(=O)CCCCCN[C@@H](O)[C@@H]1CSCC(=O)N[C@@H](CC(O)O)C(=O)N[C@H]2CSSC[C@H](N[C@H](O)[C@@H](CC(O)O)N[C@@H](O)CN[C@H](O)[C@@H](CCCN=C(N)N)N[C@H]2O)[C@H](O)N[C@H](Cc2ccccc2)[C@@H](O)N1)C(=O)NCCOCCOCCNC(=O)CCC(=O)NCCN(CCNC(C)(C)/C(C)=N\O)CCNC(C)(C)/C(C)=N\O. The van der Waals surface area contributed by atoms with Crippen LogP contribution in [-0.2, 0) is 44.7 Å². The lowest BCUT2D eigenvalue weighted by molar-refractivity contribution is -0.132. The topological polar surface area (TPSA) is 669 Å². The van der Waals surface area contributed by atoms with E-state index in [9.17, 15) is 95.4 Å². The number of ether oxygens (including phenoxy) is 2. The van der Waals surface area contributed by atoms with Gasteiger partial charge in [0.25, 0.3) is 0 Å². The minimum Gasteiger partial charge on any atom is -0.411 e. The van der Waals surface area contributed by atoms with E-state index in [1.807, 2.05) is 34.7 Å². The summed E-state index contributed by atoms with van der Waals surface area (Å²) in [6.07, 6.45) is -13.2. The Morgan fingerprint density at radius 1 is 0.603 bits per heavy atom. The molecule has 0 spiro atoms. The van der Waals surface area contributed by atoms with Gasteiger partial charge in [-0.15, -0.1) is 0 Å². The first-order chi connectivity index (χ1) is 57.6. The number of fused-ring (bicyclic) bond motifs is 5. The third kappa shape index (κ3) is 48.6. The predicted octanol–water partition coefficient (Wildman–Crippen LogP) is -7.67. The van der Waals surface area contributed by atoms with Crippen molar-refractivity contribution < 1.29 is 105 Å². The maximum Gasteiger partial charge on any atom is 0.243 e. The number of amides is 6. The molecule has 1 aromatic carbocycles. The molecule has 33 N–H and O–H groups in total. The van der Waals surface area contributed by atoms with Crippen LogP contribution in [0.25, 0.3) is 0 Å². The standard InChI is InChI=1S/C75H144N22O21S3/c1-47(95-115)74(3,4)85-28-33-97(34-29-86-75(5,6)48(2)96-116)32-27-79-58(98)22-23-59(99)80-30-35-117-37-38-118-36-31-82-65(107)50(19-13-15-24-78-7)87-60(100)21-12-9-14-25-81-67(109)55-43-119-46-62(102)89-54(41-64(105)106)70(112)93-56-44-120-121-45-57(72(114)91-52(68(110)92-55)39-49-17-10-8-11-18-49)94-69(111)53(40-63(103)104)88-61(101)42-84-66(108)51(90-71(56)113)20-16-26-83-73(76)77/h8,10-11,17-18,50-57,61,63-64,66-69,71-72,78,81,84-86,88,90-92,94,101,103-106,108-111,113-116H,9,12-16,19-46H2,1-7H3,(H,79,98)(H,80,99)(H,82,107)(H,87,100)(H,89,102)(H,93,112)(H4,76,77,83)/b95-47-,96-48-/t50-,51+,52+,53+,54-,55-,56-,57-,61-,66+,67-,68+,69+,71-,72-/m0/s1. The zero-order valence-electron chi connectivity index (χ0n) is 71.0. The Balaban J connectivity index is 1.64. The Labute approximate surface area is 722 Å². The average Bonchev–Trinajstić information content (AvgIpc) is 1.83. The molecule has 3 rings (SSSR count). The molecule has 1 aromatic rings. The fourth-order valence-corrected chi connectivity index (χ4v) is 15.9. The monoisotopic (exact) mass is 1790 g/mol. The van der Waals surface area contributed by atoms with Crippen LogP contribution in [0.1, 0.15) is 131 Å². The first-order valence-electron chi connectivity index (χ1n) is 41.4. The number of oxime groups is 2. The van der Waals surface area contributed by atoms with Gasteiger partial charge in [-0.2, -0.15) is 11.8 Å². The maximum atomic E-state index is 14.2. The normalized spacial score (nSPS) is 24.1. The highest BCUT2D eigenvalue weighted by Gasteiger charge is 2.37. The molecule has 2 aliphatic heterocycles. The number of hydrogen-bond donors (Lipinski definition) is 31. The van der Waals surface area contributed by atoms with Gasteiger partial charge in [0.1, 0.15) is 55.7 Å². The molecule has 43 nitrogen and oxygen atoms in total. The molecule has 2 heterocycles. The molecule has 0 aromatic heterocycles. The van der Waals surface area contributed by atoms with Gasteiger partial charge in [-0.3, -0.25) is 75.9 Å². The number of aliphatic hydroxyl groups excluding tert-OH is 9. The first kappa shape index (κ1) is 110. The van der Waals surface area contributed by atoms with E-state index in [1.54, 1.807) is 44.2 Å². The average molecular weight is 1790 g/mol. The lowest BCUT2D eigenvalue weighted by Gasteiger charge is -2.36. The molecule has 0 saturated carbocycles. The Kier molecular flexibility index (Phi) is 56.5. The summed E-state index contributed by atoms with van der Waals surface area (Å²) in [5.74, 6) is -3.94. The number of rotatable bonds is 50. The Bertz CT molecular complexity index is 3110. The van der Waals surface area contributed by atoms with Crippen LogP contribution >= 0.6 is 33.3 Å². The second kappa shape index (κ2) is 62.5. The second-order valence-corrected chi connectivity index (χ2v) is 34.4. The maximum absolute atomic E-state index is 14.2. The van der Waals surface area contributed by atoms with Gasteiger partial charge in [0.05, 0.1) is 84.9 Å². The van der Waals surface area contributed by atoms with E-state index in [0.717, 1.165) is 39.8 Å². The number of carbonyl (C=O) groups excluding carboxylic acids is 6. The number of β-amino-alcohol motifs (C(OH)–C–C–N with tert-alkyl or cyclic N) is 1. The van der Waals surface area contributed by atoms with Crippen molar-refractivity contribution in [1.82, 2.24) is 90.0 Å². The van der Waals surface area contributed by atoms with E-state index < -0.39 is 147 Å². The summed E-state index contributed by atoms with van der Waals surface area (Å²) >= 11 is 0.975. The van der Waals surface area contributed by atoms with E-state index in [2.05, 4.69) is 105 Å². The number of nitrogens with two attached hydrogens (primary N) is 2. The fourth-order valence-electron chi connectivity index (χ4n) is 12.4. The molecule has 2 saturated heterocycles. The first-order valence-corrected chi connectivity index (χ1v) is 45.0. The van der Waals surface area contributed by atoms with E-state index in [0.29, 0.717) is 94.9 Å². The van der Waals surface area contributed by atoms with Gasteiger partial charge >= 0.3 is 0 Å². The van der Waals surface area contributed by atoms with Crippen molar-refractivity contribution in [1.29, 1.82) is 0 Å². The molecule has 2 bridgehead atoms.